The summed E-state index contributed by atoms with van der Waals surface area (Å²) in [6.07, 6.45) is 8.32. The number of carbonyl (C=O) groups is 3. The largest absolute Gasteiger partial charge is 0.490 e. The molecule has 6 aliphatic rings. The van der Waals surface area contributed by atoms with Crippen molar-refractivity contribution in [2.75, 3.05) is 69.7 Å². The van der Waals surface area contributed by atoms with Crippen molar-refractivity contribution in [1.29, 1.82) is 0 Å². The molecule has 0 spiro atoms. The fourth-order valence-corrected chi connectivity index (χ4v) is 15.2. The topological polar surface area (TPSA) is 355 Å². The Bertz CT molecular complexity index is 3960. The van der Waals surface area contributed by atoms with Gasteiger partial charge in [-0.2, -0.15) is 8.62 Å². The number of carboxylic acids is 1. The van der Waals surface area contributed by atoms with Crippen LogP contribution in [0, 0.1) is 11.8 Å². The number of aromatic nitrogens is 3. The Morgan fingerprint density at radius 1 is 0.918 bits per heavy atom. The Kier molecular flexibility index (Phi) is 17.1. The number of aryl methyl sites for hydroxylation is 2. The Morgan fingerprint density at radius 2 is 1.68 bits per heavy atom. The quantitative estimate of drug-likeness (QED) is 0.0220. The normalized spacial score (nSPS) is 19.8. The highest BCUT2D eigenvalue weighted by atomic mass is 31.3. The van der Waals surface area contributed by atoms with E-state index in [2.05, 4.69) is 75.8 Å². The number of phosphoric ester groups is 1. The van der Waals surface area contributed by atoms with Gasteiger partial charge in [-0.25, -0.2) is 37.8 Å². The Labute approximate surface area is 486 Å². The Hall–Kier alpha value is -7.07. The number of hydrogen-bond acceptors (Lipinski definition) is 17. The summed E-state index contributed by atoms with van der Waals surface area (Å²) in [6.45, 7) is 10.6. The molecule has 448 valence electrons. The first kappa shape index (κ1) is 59.7. The standard InChI is InChI=1S/C56H61N8O18P3/c1-3-23-76-43-27-45(79-44(43)30-78-84(72,73)82-85(74,75)81-83(69,70)71)64-28-36(46-52(57)60-31-61-53(46)64)9-4-17-59-56(68)77-29-32(2)16-18-58-54(65)35-14-15-37(55(66)67)40(26-35)47-41-24-33-10-5-19-62-21-7-12-38(48(33)62)50(41)80-51-39-13-8-22-63-20-6-11-34(49(39)63)25-42(47)51/h3,14-15,24-26,28,31,43-45H,1-2,5-8,10-13,16-23,27,29-30H2,(H8-,57,58,59,60,61,65,66,67,68,69,70,71,72,73,74,75)/p+1/t43-,44+,45+/m0/s1. The molecule has 8 heterocycles. The minimum atomic E-state index is -5.78. The molecule has 0 aliphatic carbocycles. The molecule has 29 heteroatoms. The summed E-state index contributed by atoms with van der Waals surface area (Å²) >= 11 is 0. The smallest absolute Gasteiger partial charge is 0.478 e. The number of fused-ring (bicyclic) bond motifs is 5. The maximum absolute atomic E-state index is 14.0. The first-order valence-electron chi connectivity index (χ1n) is 27.6. The molecule has 5 aromatic rings. The van der Waals surface area contributed by atoms with Crippen LogP contribution in [-0.2, 0) is 66.7 Å². The summed E-state index contributed by atoms with van der Waals surface area (Å²) in [6, 6.07) is 9.11. The van der Waals surface area contributed by atoms with Gasteiger partial charge in [-0.05, 0) is 92.0 Å². The number of benzene rings is 3. The molecule has 9 N–H and O–H groups in total. The average Bonchev–Trinajstić information content (AvgIpc) is 1.44. The highest BCUT2D eigenvalue weighted by molar-refractivity contribution is 7.66. The van der Waals surface area contributed by atoms with Crippen molar-refractivity contribution in [3.63, 3.8) is 0 Å². The van der Waals surface area contributed by atoms with Crippen molar-refractivity contribution in [3.05, 3.63) is 128 Å². The van der Waals surface area contributed by atoms with E-state index in [4.69, 9.17) is 39.0 Å². The number of carboxylic acid groups (broad SMARTS) is 1. The van der Waals surface area contributed by atoms with E-state index in [1.165, 1.54) is 46.7 Å². The molecular weight excluding hydrogens is 1170 g/mol. The lowest BCUT2D eigenvalue weighted by Crippen LogP contribution is -2.45. The third-order valence-corrected chi connectivity index (χ3v) is 19.4. The molecule has 85 heavy (non-hydrogen) atoms. The lowest BCUT2D eigenvalue weighted by molar-refractivity contribution is -0.0549. The highest BCUT2D eigenvalue weighted by Gasteiger charge is 2.44. The molecule has 0 saturated carbocycles. The van der Waals surface area contributed by atoms with Crippen LogP contribution in [0.25, 0.3) is 16.6 Å². The van der Waals surface area contributed by atoms with E-state index in [-0.39, 0.29) is 61.7 Å². The van der Waals surface area contributed by atoms with E-state index < -0.39 is 66.5 Å². The summed E-state index contributed by atoms with van der Waals surface area (Å²) in [5.74, 6) is 5.84. The molecular formula is C56H62N8O18P3+. The third-order valence-electron chi connectivity index (χ3n) is 15.6. The summed E-state index contributed by atoms with van der Waals surface area (Å²) in [7, 11) is -16.9. The number of alkyl carbamates (subject to hydrolysis) is 1. The number of nitrogens with zero attached hydrogens (tertiary/aromatic N) is 5. The van der Waals surface area contributed by atoms with Crippen molar-refractivity contribution in [3.8, 4) is 23.3 Å². The van der Waals surface area contributed by atoms with Gasteiger partial charge in [-0.1, -0.05) is 24.5 Å². The molecule has 6 aliphatic heterocycles. The van der Waals surface area contributed by atoms with Gasteiger partial charge in [0, 0.05) is 83.8 Å². The Balaban J connectivity index is 0.733. The second kappa shape index (κ2) is 24.4. The van der Waals surface area contributed by atoms with Gasteiger partial charge in [0.25, 0.3) is 5.91 Å². The number of rotatable bonds is 20. The SMILES string of the molecule is C=CCO[C@H]1C[C@H](n2cc(C#CCNC(=O)OCC(=C)CCNC(=O)c3ccc(C(=O)O)c(C4=c5cc6c7c(c5Oc5c4cc4c8c5CCCN8CCC4)CCC[N+]=7CCC6)c3)c3c(N)ncnc32)O[C@@H]1COP(=O)(O)OP(=O)(O)OP(=O)(O)O. The molecule has 2 amide bonds. The molecule has 1 saturated heterocycles. The van der Waals surface area contributed by atoms with E-state index in [1.54, 1.807) is 16.8 Å². The van der Waals surface area contributed by atoms with Crippen molar-refractivity contribution in [1.82, 2.24) is 29.7 Å². The van der Waals surface area contributed by atoms with Gasteiger partial charge in [0.05, 0.1) is 47.9 Å². The zero-order chi connectivity index (χ0) is 60.0. The average molecular weight is 1230 g/mol. The Morgan fingerprint density at radius 3 is 2.46 bits per heavy atom. The number of hydrogen-bond donors (Lipinski definition) is 8. The summed E-state index contributed by atoms with van der Waals surface area (Å²) in [5.41, 5.74) is 15.8. The summed E-state index contributed by atoms with van der Waals surface area (Å²) in [5, 5.41) is 18.7. The second-order valence-electron chi connectivity index (χ2n) is 21.2. The molecule has 5 atom stereocenters. The van der Waals surface area contributed by atoms with E-state index in [1.807, 2.05) is 0 Å². The zero-order valence-electron chi connectivity index (χ0n) is 45.9. The number of ether oxygens (including phenoxy) is 4. The van der Waals surface area contributed by atoms with Crippen LogP contribution in [0.1, 0.15) is 104 Å². The van der Waals surface area contributed by atoms with E-state index in [0.717, 1.165) is 117 Å². The number of carbonyl (C=O) groups excluding carboxylic acids is 2. The van der Waals surface area contributed by atoms with Crippen molar-refractivity contribution < 1.29 is 84.9 Å². The predicted molar refractivity (Wildman–Crippen MR) is 306 cm³/mol. The lowest BCUT2D eigenvalue weighted by atomic mass is 9.81. The highest BCUT2D eigenvalue weighted by Crippen LogP contribution is 2.66. The molecule has 1 fully saturated rings. The van der Waals surface area contributed by atoms with Gasteiger partial charge >= 0.3 is 35.5 Å². The van der Waals surface area contributed by atoms with Crippen molar-refractivity contribution >= 4 is 69.5 Å². The van der Waals surface area contributed by atoms with Gasteiger partial charge in [0.2, 0.25) is 5.36 Å². The molecule has 0 radical (unpaired) electrons. The molecule has 2 aromatic heterocycles. The first-order valence-corrected chi connectivity index (χ1v) is 32.1. The fraction of sp³-hybridized carbons (Fsp3) is 0.393. The van der Waals surface area contributed by atoms with Crippen LogP contribution in [-0.4, -0.2) is 128 Å². The third kappa shape index (κ3) is 12.8. The maximum Gasteiger partial charge on any atom is 0.490 e. The zero-order valence-corrected chi connectivity index (χ0v) is 48.6. The number of phosphoric acid groups is 3. The summed E-state index contributed by atoms with van der Waals surface area (Å²) in [4.78, 5) is 88.3. The minimum Gasteiger partial charge on any atom is -0.478 e. The first-order chi connectivity index (χ1) is 40.7. The predicted octanol–water partition coefficient (Wildman–Crippen LogP) is 4.80. The van der Waals surface area contributed by atoms with Crippen LogP contribution >= 0.6 is 23.5 Å². The lowest BCUT2D eigenvalue weighted by Gasteiger charge is -2.39. The van der Waals surface area contributed by atoms with Crippen molar-refractivity contribution in [2.24, 2.45) is 0 Å². The van der Waals surface area contributed by atoms with E-state index >= 15 is 0 Å². The molecule has 0 bridgehead atoms. The number of anilines is 2. The van der Waals surface area contributed by atoms with Crippen LogP contribution in [0.4, 0.5) is 16.3 Å². The van der Waals surface area contributed by atoms with Crippen LogP contribution in [0.15, 0.2) is 67.7 Å². The number of nitrogens with two attached hydrogens (primary N) is 1. The van der Waals surface area contributed by atoms with Crippen molar-refractivity contribution in [2.45, 2.75) is 82.6 Å². The van der Waals surface area contributed by atoms with Gasteiger partial charge in [0.15, 0.2) is 0 Å². The van der Waals surface area contributed by atoms with Crippen LogP contribution in [0.2, 0.25) is 0 Å². The molecule has 2 unspecified atom stereocenters. The number of amides is 2. The number of nitrogen functional groups attached to an aromatic ring is 1. The monoisotopic (exact) mass is 1230 g/mol. The molecule has 3 aromatic carbocycles. The van der Waals surface area contributed by atoms with Crippen LogP contribution in [0.3, 0.4) is 0 Å². The minimum absolute atomic E-state index is 0.00714. The molecule has 11 rings (SSSR count). The molecule has 26 nitrogen and oxygen atoms in total. The maximum atomic E-state index is 14.0. The van der Waals surface area contributed by atoms with Gasteiger partial charge < -0.3 is 69.5 Å². The number of aromatic carboxylic acids is 1. The van der Waals surface area contributed by atoms with Gasteiger partial charge in [0.1, 0.15) is 61.3 Å². The van der Waals surface area contributed by atoms with Gasteiger partial charge in [-0.15, -0.1) is 6.58 Å². The van der Waals surface area contributed by atoms with Crippen LogP contribution < -0.4 is 41.2 Å². The van der Waals surface area contributed by atoms with E-state index in [9.17, 15) is 43.0 Å². The second-order valence-corrected chi connectivity index (χ2v) is 25.6. The van der Waals surface area contributed by atoms with Crippen LogP contribution in [0.5, 0.6) is 11.5 Å². The summed E-state index contributed by atoms with van der Waals surface area (Å²) < 4.78 is 76.4. The number of nitrogens with one attached hydrogen (secondary N) is 2. The fourth-order valence-electron chi connectivity index (χ4n) is 12.2. The van der Waals surface area contributed by atoms with Gasteiger partial charge in [-0.3, -0.25) is 9.32 Å². The van der Waals surface area contributed by atoms with E-state index in [0.29, 0.717) is 22.1 Å².